The van der Waals surface area contributed by atoms with E-state index in [1.807, 2.05) is 0 Å². The molecule has 5 heteroatoms. The topological polar surface area (TPSA) is 78.4 Å². The number of carboxylic acid groups (broad SMARTS) is 1. The van der Waals surface area contributed by atoms with Gasteiger partial charge in [-0.1, -0.05) is 19.3 Å². The van der Waals surface area contributed by atoms with E-state index >= 15 is 0 Å². The Morgan fingerprint density at radius 3 is 2.59 bits per heavy atom. The second kappa shape index (κ2) is 7.27. The molecule has 1 fully saturated rings. The van der Waals surface area contributed by atoms with Gasteiger partial charge < -0.3 is 15.7 Å². The van der Waals surface area contributed by atoms with Gasteiger partial charge in [-0.05, 0) is 19.9 Å². The Morgan fingerprint density at radius 2 is 1.94 bits per heavy atom. The molecule has 1 saturated carbocycles. The minimum atomic E-state index is -0.786. The number of aliphatic carboxylic acids is 1. The van der Waals surface area contributed by atoms with Crippen LogP contribution in [0.3, 0.4) is 0 Å². The van der Waals surface area contributed by atoms with E-state index in [1.165, 1.54) is 0 Å². The summed E-state index contributed by atoms with van der Waals surface area (Å²) in [6, 6.07) is -0.195. The second-order valence-electron chi connectivity index (χ2n) is 4.61. The fourth-order valence-corrected chi connectivity index (χ4v) is 2.29. The van der Waals surface area contributed by atoms with Crippen molar-refractivity contribution < 1.29 is 14.7 Å². The van der Waals surface area contributed by atoms with E-state index in [1.54, 1.807) is 7.05 Å². The van der Waals surface area contributed by atoms with Gasteiger partial charge in [-0.3, -0.25) is 9.59 Å². The molecule has 17 heavy (non-hydrogen) atoms. The molecule has 0 saturated heterocycles. The lowest BCUT2D eigenvalue weighted by Crippen LogP contribution is -2.43. The number of carbonyl (C=O) groups is 2. The van der Waals surface area contributed by atoms with Crippen molar-refractivity contribution in [3.63, 3.8) is 0 Å². The number of hydrogen-bond acceptors (Lipinski definition) is 3. The molecular formula is C12H22N2O3. The van der Waals surface area contributed by atoms with Crippen LogP contribution in [-0.2, 0) is 9.59 Å². The molecule has 2 unspecified atom stereocenters. The first-order valence-electron chi connectivity index (χ1n) is 6.32. The van der Waals surface area contributed by atoms with E-state index < -0.39 is 11.9 Å². The van der Waals surface area contributed by atoms with Crippen LogP contribution in [0.1, 0.15) is 38.5 Å². The molecule has 1 amide bonds. The van der Waals surface area contributed by atoms with Crippen LogP contribution in [0.25, 0.3) is 0 Å². The van der Waals surface area contributed by atoms with Gasteiger partial charge in [0.05, 0.1) is 5.92 Å². The highest BCUT2D eigenvalue weighted by molar-refractivity contribution is 5.78. The van der Waals surface area contributed by atoms with Crippen molar-refractivity contribution in [3.05, 3.63) is 0 Å². The summed E-state index contributed by atoms with van der Waals surface area (Å²) in [6.45, 7) is 0.621. The highest BCUT2D eigenvalue weighted by atomic mass is 16.4. The van der Waals surface area contributed by atoms with E-state index in [-0.39, 0.29) is 11.9 Å². The largest absolute Gasteiger partial charge is 0.481 e. The number of nitrogens with one attached hydrogen (secondary N) is 2. The molecule has 0 aliphatic heterocycles. The fourth-order valence-electron chi connectivity index (χ4n) is 2.29. The number of amides is 1. The van der Waals surface area contributed by atoms with Gasteiger partial charge in [0.15, 0.2) is 0 Å². The summed E-state index contributed by atoms with van der Waals surface area (Å²) in [5, 5.41) is 14.9. The van der Waals surface area contributed by atoms with Gasteiger partial charge in [-0.25, -0.2) is 0 Å². The summed E-state index contributed by atoms with van der Waals surface area (Å²) in [5.41, 5.74) is 0. The molecule has 3 N–H and O–H groups in total. The van der Waals surface area contributed by atoms with Crippen LogP contribution < -0.4 is 10.6 Å². The van der Waals surface area contributed by atoms with E-state index in [0.29, 0.717) is 19.4 Å². The Balaban J connectivity index is 2.51. The van der Waals surface area contributed by atoms with E-state index in [2.05, 4.69) is 10.6 Å². The second-order valence-corrected chi connectivity index (χ2v) is 4.61. The van der Waals surface area contributed by atoms with Gasteiger partial charge in [-0.2, -0.15) is 0 Å². The minimum Gasteiger partial charge on any atom is -0.481 e. The van der Waals surface area contributed by atoms with E-state index in [9.17, 15) is 9.59 Å². The van der Waals surface area contributed by atoms with Gasteiger partial charge >= 0.3 is 5.97 Å². The molecule has 5 nitrogen and oxygen atoms in total. The molecule has 0 radical (unpaired) electrons. The molecule has 0 aromatic rings. The minimum absolute atomic E-state index is 0.0579. The van der Waals surface area contributed by atoms with Crippen molar-refractivity contribution >= 4 is 11.9 Å². The summed E-state index contributed by atoms with van der Waals surface area (Å²) in [5.74, 6) is -1.26. The third-order valence-corrected chi connectivity index (χ3v) is 3.28. The maximum atomic E-state index is 11.6. The standard InChI is InChI=1S/C12H22N2O3/c1-13-8-7-11(15)14-10-6-4-2-3-5-9(10)12(16)17/h9-10,13H,2-8H2,1H3,(H,14,15)(H,16,17). The summed E-state index contributed by atoms with van der Waals surface area (Å²) < 4.78 is 0. The lowest BCUT2D eigenvalue weighted by atomic mass is 9.95. The van der Waals surface area contributed by atoms with Gasteiger partial charge in [-0.15, -0.1) is 0 Å². The molecule has 0 aromatic carbocycles. The summed E-state index contributed by atoms with van der Waals surface area (Å²) in [4.78, 5) is 22.8. The van der Waals surface area contributed by atoms with Crippen LogP contribution in [0.2, 0.25) is 0 Å². The zero-order chi connectivity index (χ0) is 12.7. The maximum absolute atomic E-state index is 11.6. The van der Waals surface area contributed by atoms with Crippen molar-refractivity contribution in [2.45, 2.75) is 44.6 Å². The van der Waals surface area contributed by atoms with Crippen LogP contribution >= 0.6 is 0 Å². The van der Waals surface area contributed by atoms with Crippen molar-refractivity contribution in [3.8, 4) is 0 Å². The SMILES string of the molecule is CNCCC(=O)NC1CCCCCC1C(=O)O. The molecule has 0 bridgehead atoms. The molecule has 2 atom stereocenters. The smallest absolute Gasteiger partial charge is 0.308 e. The quantitative estimate of drug-likeness (QED) is 0.621. The number of carbonyl (C=O) groups excluding carboxylic acids is 1. The van der Waals surface area contributed by atoms with Gasteiger partial charge in [0.25, 0.3) is 0 Å². The van der Waals surface area contributed by atoms with E-state index in [0.717, 1.165) is 25.7 Å². The van der Waals surface area contributed by atoms with Crippen molar-refractivity contribution in [2.75, 3.05) is 13.6 Å². The third-order valence-electron chi connectivity index (χ3n) is 3.28. The molecule has 98 valence electrons. The molecule has 1 rings (SSSR count). The third kappa shape index (κ3) is 4.73. The van der Waals surface area contributed by atoms with Crippen LogP contribution in [0.15, 0.2) is 0 Å². The van der Waals surface area contributed by atoms with Crippen molar-refractivity contribution in [1.29, 1.82) is 0 Å². The molecule has 0 spiro atoms. The molecule has 1 aliphatic rings. The lowest BCUT2D eigenvalue weighted by Gasteiger charge is -2.22. The van der Waals surface area contributed by atoms with Gasteiger partial charge in [0.1, 0.15) is 0 Å². The van der Waals surface area contributed by atoms with E-state index in [4.69, 9.17) is 5.11 Å². The van der Waals surface area contributed by atoms with Crippen LogP contribution in [0.5, 0.6) is 0 Å². The number of carboxylic acids is 1. The van der Waals surface area contributed by atoms with Gasteiger partial charge in [0, 0.05) is 19.0 Å². The average molecular weight is 242 g/mol. The number of hydrogen-bond donors (Lipinski definition) is 3. The van der Waals surface area contributed by atoms with Crippen LogP contribution in [0.4, 0.5) is 0 Å². The molecule has 0 heterocycles. The summed E-state index contributed by atoms with van der Waals surface area (Å²) in [7, 11) is 1.79. The fraction of sp³-hybridized carbons (Fsp3) is 0.833. The number of rotatable bonds is 5. The van der Waals surface area contributed by atoms with Crippen molar-refractivity contribution in [2.24, 2.45) is 5.92 Å². The first-order chi connectivity index (χ1) is 8.15. The predicted octanol–water partition coefficient (Wildman–Crippen LogP) is 0.746. The highest BCUT2D eigenvalue weighted by Crippen LogP contribution is 2.23. The lowest BCUT2D eigenvalue weighted by molar-refractivity contribution is -0.143. The van der Waals surface area contributed by atoms with Gasteiger partial charge in [0.2, 0.25) is 5.91 Å². The first-order valence-corrected chi connectivity index (χ1v) is 6.32. The Labute approximate surface area is 102 Å². The highest BCUT2D eigenvalue weighted by Gasteiger charge is 2.30. The molecule has 1 aliphatic carbocycles. The molecular weight excluding hydrogens is 220 g/mol. The average Bonchev–Trinajstić information content (AvgIpc) is 2.51. The summed E-state index contributed by atoms with van der Waals surface area (Å²) in [6.07, 6.45) is 4.86. The Kier molecular flexibility index (Phi) is 5.97. The zero-order valence-corrected chi connectivity index (χ0v) is 10.4. The Bertz CT molecular complexity index is 268. The molecule has 0 aromatic heterocycles. The summed E-state index contributed by atoms with van der Waals surface area (Å²) >= 11 is 0. The predicted molar refractivity (Wildman–Crippen MR) is 64.7 cm³/mol. The van der Waals surface area contributed by atoms with Crippen LogP contribution in [-0.4, -0.2) is 36.6 Å². The monoisotopic (exact) mass is 242 g/mol. The van der Waals surface area contributed by atoms with Crippen LogP contribution in [0, 0.1) is 5.92 Å². The Morgan fingerprint density at radius 1 is 1.24 bits per heavy atom. The zero-order valence-electron chi connectivity index (χ0n) is 10.4. The Hall–Kier alpha value is -1.10. The maximum Gasteiger partial charge on any atom is 0.308 e. The normalized spacial score (nSPS) is 25.0. The first kappa shape index (κ1) is 14.0. The van der Waals surface area contributed by atoms with Crippen molar-refractivity contribution in [1.82, 2.24) is 10.6 Å².